The maximum Gasteiger partial charge on any atom is 0.150 e. The van der Waals surface area contributed by atoms with Gasteiger partial charge in [0.2, 0.25) is 0 Å². The molecule has 0 N–H and O–H groups in total. The Morgan fingerprint density at radius 3 is 3.00 bits per heavy atom. The lowest BCUT2D eigenvalue weighted by Crippen LogP contribution is -2.13. The molecule has 0 bridgehead atoms. The highest BCUT2D eigenvalue weighted by Crippen LogP contribution is 2.37. The zero-order valence-corrected chi connectivity index (χ0v) is 12.2. The molecule has 1 aliphatic rings. The normalized spacial score (nSPS) is 24.9. The van der Waals surface area contributed by atoms with Crippen LogP contribution in [0.4, 0.5) is 0 Å². The summed E-state index contributed by atoms with van der Waals surface area (Å²) in [5, 5.41) is 0. The Kier molecular flexibility index (Phi) is 3.92. The van der Waals surface area contributed by atoms with Gasteiger partial charge in [0.25, 0.3) is 0 Å². The van der Waals surface area contributed by atoms with Crippen molar-refractivity contribution in [1.29, 1.82) is 0 Å². The van der Waals surface area contributed by atoms with E-state index in [0.29, 0.717) is 11.5 Å². The highest BCUT2D eigenvalue weighted by molar-refractivity contribution is 9.09. The van der Waals surface area contributed by atoms with E-state index in [4.69, 9.17) is 0 Å². The van der Waals surface area contributed by atoms with Crippen LogP contribution in [0, 0.1) is 5.92 Å². The Balaban J connectivity index is 2.14. The summed E-state index contributed by atoms with van der Waals surface area (Å²) < 4.78 is 25.1. The summed E-state index contributed by atoms with van der Waals surface area (Å²) in [6.45, 7) is 3.05. The fourth-order valence-corrected chi connectivity index (χ4v) is 5.20. The van der Waals surface area contributed by atoms with Crippen LogP contribution in [-0.4, -0.2) is 29.5 Å². The van der Waals surface area contributed by atoms with E-state index in [1.807, 2.05) is 12.5 Å². The van der Waals surface area contributed by atoms with Crippen molar-refractivity contribution in [1.82, 2.24) is 9.55 Å². The first-order chi connectivity index (χ1) is 8.03. The molecule has 2 heterocycles. The second-order valence-electron chi connectivity index (χ2n) is 4.58. The van der Waals surface area contributed by atoms with Crippen LogP contribution in [0.3, 0.4) is 0 Å². The number of aryl methyl sites for hydroxylation is 1. The maximum absolute atomic E-state index is 11.5. The van der Waals surface area contributed by atoms with E-state index in [9.17, 15) is 8.42 Å². The standard InChI is InChI=1S/C11H17BrN2O2S/c1-2-4-14-8-13-6-10(14)11(12)9-3-5-17(15,16)7-9/h6,8-9,11H,2-5,7H2,1H3. The summed E-state index contributed by atoms with van der Waals surface area (Å²) in [5.41, 5.74) is 1.09. The van der Waals surface area contributed by atoms with Crippen molar-refractivity contribution in [2.24, 2.45) is 5.92 Å². The maximum atomic E-state index is 11.5. The van der Waals surface area contributed by atoms with Gasteiger partial charge in [-0.25, -0.2) is 13.4 Å². The van der Waals surface area contributed by atoms with Gasteiger partial charge in [-0.3, -0.25) is 0 Å². The number of imidazole rings is 1. The van der Waals surface area contributed by atoms with Crippen LogP contribution in [0.2, 0.25) is 0 Å². The Bertz CT molecular complexity index is 483. The second kappa shape index (κ2) is 5.10. The number of sulfone groups is 1. The largest absolute Gasteiger partial charge is 0.334 e. The first-order valence-corrected chi connectivity index (χ1v) is 8.61. The fraction of sp³-hybridized carbons (Fsp3) is 0.727. The van der Waals surface area contributed by atoms with Crippen molar-refractivity contribution in [3.8, 4) is 0 Å². The van der Waals surface area contributed by atoms with Crippen molar-refractivity contribution < 1.29 is 8.42 Å². The van der Waals surface area contributed by atoms with Gasteiger partial charge in [0.05, 0.1) is 28.4 Å². The van der Waals surface area contributed by atoms with Gasteiger partial charge in [0.1, 0.15) is 0 Å². The van der Waals surface area contributed by atoms with Crippen LogP contribution in [0.1, 0.15) is 30.3 Å². The minimum atomic E-state index is -2.82. The Labute approximate surface area is 110 Å². The predicted molar refractivity (Wildman–Crippen MR) is 70.9 cm³/mol. The Morgan fingerprint density at radius 2 is 2.41 bits per heavy atom. The molecule has 0 spiro atoms. The molecule has 4 nitrogen and oxygen atoms in total. The van der Waals surface area contributed by atoms with Gasteiger partial charge in [0, 0.05) is 12.7 Å². The molecule has 2 atom stereocenters. The van der Waals surface area contributed by atoms with Crippen molar-refractivity contribution in [2.45, 2.75) is 31.1 Å². The molecule has 0 aliphatic carbocycles. The molecule has 0 radical (unpaired) electrons. The molecule has 0 amide bonds. The van der Waals surface area contributed by atoms with Gasteiger partial charge >= 0.3 is 0 Å². The molecule has 1 aliphatic heterocycles. The number of alkyl halides is 1. The van der Waals surface area contributed by atoms with E-state index in [1.165, 1.54) is 0 Å². The number of aromatic nitrogens is 2. The van der Waals surface area contributed by atoms with E-state index in [-0.39, 0.29) is 10.7 Å². The van der Waals surface area contributed by atoms with E-state index < -0.39 is 9.84 Å². The third kappa shape index (κ3) is 2.91. The lowest BCUT2D eigenvalue weighted by Gasteiger charge is -2.17. The van der Waals surface area contributed by atoms with E-state index in [1.54, 1.807) is 0 Å². The van der Waals surface area contributed by atoms with E-state index >= 15 is 0 Å². The van der Waals surface area contributed by atoms with Crippen LogP contribution in [0.15, 0.2) is 12.5 Å². The minimum Gasteiger partial charge on any atom is -0.334 e. The molecule has 2 rings (SSSR count). The molecular formula is C11H17BrN2O2S. The van der Waals surface area contributed by atoms with Gasteiger partial charge in [0.15, 0.2) is 9.84 Å². The van der Waals surface area contributed by atoms with Crippen LogP contribution >= 0.6 is 15.9 Å². The zero-order chi connectivity index (χ0) is 12.5. The predicted octanol–water partition coefficient (Wildman–Crippen LogP) is 2.16. The van der Waals surface area contributed by atoms with Crippen molar-refractivity contribution in [3.05, 3.63) is 18.2 Å². The summed E-state index contributed by atoms with van der Waals surface area (Å²) in [6.07, 6.45) is 5.44. The third-order valence-electron chi connectivity index (χ3n) is 3.17. The summed E-state index contributed by atoms with van der Waals surface area (Å²) in [5.74, 6) is 0.786. The number of hydrogen-bond acceptors (Lipinski definition) is 3. The van der Waals surface area contributed by atoms with Crippen LogP contribution in [0.5, 0.6) is 0 Å². The summed E-state index contributed by atoms with van der Waals surface area (Å²) in [7, 11) is -2.82. The molecule has 0 saturated carbocycles. The second-order valence-corrected chi connectivity index (χ2v) is 7.79. The van der Waals surface area contributed by atoms with E-state index in [0.717, 1.165) is 25.1 Å². The van der Waals surface area contributed by atoms with Gasteiger partial charge in [-0.1, -0.05) is 22.9 Å². The van der Waals surface area contributed by atoms with Crippen molar-refractivity contribution in [2.75, 3.05) is 11.5 Å². The van der Waals surface area contributed by atoms with Crippen LogP contribution in [0.25, 0.3) is 0 Å². The molecule has 1 fully saturated rings. The summed E-state index contributed by atoms with van der Waals surface area (Å²) >= 11 is 3.64. The first kappa shape index (κ1) is 13.1. The molecule has 1 aromatic rings. The number of halogens is 1. The molecular weight excluding hydrogens is 304 g/mol. The van der Waals surface area contributed by atoms with Gasteiger partial charge in [-0.2, -0.15) is 0 Å². The van der Waals surface area contributed by atoms with Gasteiger partial charge in [-0.15, -0.1) is 0 Å². The van der Waals surface area contributed by atoms with E-state index in [2.05, 4.69) is 32.4 Å². The van der Waals surface area contributed by atoms with Gasteiger partial charge in [-0.05, 0) is 18.8 Å². The highest BCUT2D eigenvalue weighted by Gasteiger charge is 2.34. The zero-order valence-electron chi connectivity index (χ0n) is 9.84. The fourth-order valence-electron chi connectivity index (χ4n) is 2.28. The monoisotopic (exact) mass is 320 g/mol. The smallest absolute Gasteiger partial charge is 0.150 e. The molecule has 96 valence electrons. The van der Waals surface area contributed by atoms with Gasteiger partial charge < -0.3 is 4.57 Å². The third-order valence-corrected chi connectivity index (χ3v) is 6.18. The first-order valence-electron chi connectivity index (χ1n) is 5.88. The van der Waals surface area contributed by atoms with Crippen LogP contribution < -0.4 is 0 Å². The highest BCUT2D eigenvalue weighted by atomic mass is 79.9. The lowest BCUT2D eigenvalue weighted by molar-refractivity contribution is 0.544. The minimum absolute atomic E-state index is 0.0915. The molecule has 1 saturated heterocycles. The average molecular weight is 321 g/mol. The number of hydrogen-bond donors (Lipinski definition) is 0. The Morgan fingerprint density at radius 1 is 1.65 bits per heavy atom. The molecule has 17 heavy (non-hydrogen) atoms. The summed E-state index contributed by atoms with van der Waals surface area (Å²) in [4.78, 5) is 4.24. The SMILES string of the molecule is CCCn1cncc1C(Br)C1CCS(=O)(=O)C1. The molecule has 2 unspecified atom stereocenters. The molecule has 6 heteroatoms. The van der Waals surface area contributed by atoms with Crippen LogP contribution in [-0.2, 0) is 16.4 Å². The Hall–Kier alpha value is -0.360. The topological polar surface area (TPSA) is 52.0 Å². The molecule has 1 aromatic heterocycles. The van der Waals surface area contributed by atoms with Crippen molar-refractivity contribution >= 4 is 25.8 Å². The lowest BCUT2D eigenvalue weighted by atomic mass is 10.0. The average Bonchev–Trinajstić information content (AvgIpc) is 2.84. The number of nitrogens with zero attached hydrogens (tertiary/aromatic N) is 2. The van der Waals surface area contributed by atoms with Crippen molar-refractivity contribution in [3.63, 3.8) is 0 Å². The molecule has 0 aromatic carbocycles. The quantitative estimate of drug-likeness (QED) is 0.799. The number of rotatable bonds is 4. The summed E-state index contributed by atoms with van der Waals surface area (Å²) in [6, 6.07) is 0.